The quantitative estimate of drug-likeness (QED) is 0.147. The second-order valence-corrected chi connectivity index (χ2v) is 15.2. The van der Waals surface area contributed by atoms with Crippen molar-refractivity contribution in [2.24, 2.45) is 5.73 Å². The van der Waals surface area contributed by atoms with Crippen LogP contribution in [0.15, 0.2) is 194 Å². The lowest BCUT2D eigenvalue weighted by Gasteiger charge is -2.23. The molecule has 0 radical (unpaired) electrons. The molecular weight excluding hydrogens is 665 g/mol. The van der Waals surface area contributed by atoms with Crippen LogP contribution < -0.4 is 11.1 Å². The zero-order valence-corrected chi connectivity index (χ0v) is 31.3. The van der Waals surface area contributed by atoms with E-state index in [-0.39, 0.29) is 17.6 Å². The molecule has 2 unspecified atom stereocenters. The van der Waals surface area contributed by atoms with Gasteiger partial charge >= 0.3 is 0 Å². The summed E-state index contributed by atoms with van der Waals surface area (Å²) < 4.78 is 0. The van der Waals surface area contributed by atoms with Crippen molar-refractivity contribution in [2.75, 3.05) is 0 Å². The highest BCUT2D eigenvalue weighted by Crippen LogP contribution is 2.53. The Kier molecular flexibility index (Phi) is 9.07. The predicted molar refractivity (Wildman–Crippen MR) is 233 cm³/mol. The molecule has 0 heterocycles. The standard InChI is InChI=1S/C53H44N2/c1-53(2)48-27-15-26-46(51(48)47-34-40-23-12-13-24-41(40)35-49(47)53)42-25-14-16-36(30-42)28-29-50(55-52(54)39-21-10-5-11-22-39)45-32-43(37-17-6-3-7-18-37)31-44(33-45)38-19-8-4-9-20-38/h3-35,50,52,55H,54H2,1-2H3/b29-28+. The second kappa shape index (κ2) is 14.5. The molecule has 0 amide bonds. The van der Waals surface area contributed by atoms with E-state index in [1.807, 2.05) is 18.2 Å². The molecule has 1 aliphatic rings. The SMILES string of the molecule is CC1(C)c2cc3ccccc3cc2-c2c(-c3cccc(/C=C/C(NC(N)c4ccccc4)c4cc(-c5ccccc5)cc(-c5ccccc5)c4)c3)cccc21. The number of fused-ring (bicyclic) bond motifs is 4. The van der Waals surface area contributed by atoms with Gasteiger partial charge in [-0.05, 0) is 119 Å². The van der Waals surface area contributed by atoms with Gasteiger partial charge in [-0.1, -0.05) is 178 Å². The molecule has 0 spiro atoms. The first-order valence-electron chi connectivity index (χ1n) is 19.2. The monoisotopic (exact) mass is 708 g/mol. The van der Waals surface area contributed by atoms with E-state index in [1.165, 1.54) is 66.4 Å². The molecule has 266 valence electrons. The van der Waals surface area contributed by atoms with E-state index in [4.69, 9.17) is 5.73 Å². The molecule has 55 heavy (non-hydrogen) atoms. The molecule has 2 heteroatoms. The van der Waals surface area contributed by atoms with Crippen molar-refractivity contribution in [1.29, 1.82) is 0 Å². The fourth-order valence-electron chi connectivity index (χ4n) is 8.37. The van der Waals surface area contributed by atoms with Crippen LogP contribution in [0.5, 0.6) is 0 Å². The van der Waals surface area contributed by atoms with Gasteiger partial charge in [-0.3, -0.25) is 5.32 Å². The molecule has 0 aliphatic heterocycles. The highest BCUT2D eigenvalue weighted by molar-refractivity contribution is 5.98. The first-order chi connectivity index (χ1) is 26.9. The van der Waals surface area contributed by atoms with Crippen molar-refractivity contribution in [3.63, 3.8) is 0 Å². The summed E-state index contributed by atoms with van der Waals surface area (Å²) in [6.45, 7) is 4.72. The summed E-state index contributed by atoms with van der Waals surface area (Å²) in [7, 11) is 0. The van der Waals surface area contributed by atoms with Gasteiger partial charge in [-0.15, -0.1) is 0 Å². The molecule has 2 nitrogen and oxygen atoms in total. The van der Waals surface area contributed by atoms with Crippen LogP contribution in [0.25, 0.3) is 61.4 Å². The Balaban J connectivity index is 1.13. The van der Waals surface area contributed by atoms with Gasteiger partial charge in [0.1, 0.15) is 0 Å². The van der Waals surface area contributed by atoms with Crippen LogP contribution in [0.4, 0.5) is 0 Å². The molecule has 3 N–H and O–H groups in total. The Morgan fingerprint density at radius 3 is 1.73 bits per heavy atom. The van der Waals surface area contributed by atoms with Gasteiger partial charge in [0, 0.05) is 5.41 Å². The van der Waals surface area contributed by atoms with Crippen molar-refractivity contribution in [3.05, 3.63) is 222 Å². The van der Waals surface area contributed by atoms with E-state index in [0.29, 0.717) is 0 Å². The van der Waals surface area contributed by atoms with Crippen molar-refractivity contribution in [2.45, 2.75) is 31.5 Å². The van der Waals surface area contributed by atoms with Gasteiger partial charge in [0.15, 0.2) is 0 Å². The van der Waals surface area contributed by atoms with Gasteiger partial charge in [0.2, 0.25) is 0 Å². The average Bonchev–Trinajstić information content (AvgIpc) is 3.47. The Hall–Kier alpha value is -6.32. The molecule has 2 atom stereocenters. The molecular formula is C53H44N2. The highest BCUT2D eigenvalue weighted by Gasteiger charge is 2.37. The summed E-state index contributed by atoms with van der Waals surface area (Å²) in [5.41, 5.74) is 22.7. The summed E-state index contributed by atoms with van der Waals surface area (Å²) in [6.07, 6.45) is 4.14. The first kappa shape index (κ1) is 34.4. The lowest BCUT2D eigenvalue weighted by molar-refractivity contribution is 0.509. The van der Waals surface area contributed by atoms with Crippen LogP contribution in [0.3, 0.4) is 0 Å². The Labute approximate surface area is 324 Å². The summed E-state index contributed by atoms with van der Waals surface area (Å²) in [4.78, 5) is 0. The van der Waals surface area contributed by atoms with Crippen molar-refractivity contribution in [3.8, 4) is 44.5 Å². The van der Waals surface area contributed by atoms with Crippen LogP contribution in [0.2, 0.25) is 0 Å². The predicted octanol–water partition coefficient (Wildman–Crippen LogP) is 13.1. The number of nitrogens with one attached hydrogen (secondary N) is 1. The third kappa shape index (κ3) is 6.72. The third-order valence-corrected chi connectivity index (χ3v) is 11.3. The largest absolute Gasteiger partial charge is 0.312 e. The second-order valence-electron chi connectivity index (χ2n) is 15.2. The number of benzene rings is 8. The normalized spacial score (nSPS) is 14.1. The smallest absolute Gasteiger partial charge is 0.0817 e. The molecule has 8 aromatic carbocycles. The molecule has 9 rings (SSSR count). The molecule has 0 saturated carbocycles. The lowest BCUT2D eigenvalue weighted by atomic mass is 9.81. The van der Waals surface area contributed by atoms with Crippen molar-refractivity contribution < 1.29 is 0 Å². The lowest BCUT2D eigenvalue weighted by Crippen LogP contribution is -2.31. The van der Waals surface area contributed by atoms with Crippen LogP contribution in [0, 0.1) is 0 Å². The van der Waals surface area contributed by atoms with E-state index in [9.17, 15) is 0 Å². The number of rotatable bonds is 9. The summed E-state index contributed by atoms with van der Waals surface area (Å²) in [5.74, 6) is 0. The summed E-state index contributed by atoms with van der Waals surface area (Å²) in [5, 5.41) is 6.34. The summed E-state index contributed by atoms with van der Waals surface area (Å²) >= 11 is 0. The maximum absolute atomic E-state index is 6.90. The van der Waals surface area contributed by atoms with Crippen LogP contribution in [-0.4, -0.2) is 0 Å². The van der Waals surface area contributed by atoms with E-state index in [0.717, 1.165) is 16.7 Å². The third-order valence-electron chi connectivity index (χ3n) is 11.3. The van der Waals surface area contributed by atoms with Gasteiger partial charge < -0.3 is 5.73 Å². The minimum Gasteiger partial charge on any atom is -0.312 e. The maximum atomic E-state index is 6.90. The van der Waals surface area contributed by atoms with Gasteiger partial charge in [-0.2, -0.15) is 0 Å². The van der Waals surface area contributed by atoms with Crippen LogP contribution in [-0.2, 0) is 5.41 Å². The van der Waals surface area contributed by atoms with Gasteiger partial charge in [0.05, 0.1) is 12.2 Å². The van der Waals surface area contributed by atoms with E-state index < -0.39 is 0 Å². The van der Waals surface area contributed by atoms with Gasteiger partial charge in [-0.25, -0.2) is 0 Å². The summed E-state index contributed by atoms with van der Waals surface area (Å²) in [6, 6.07) is 67.5. The van der Waals surface area contributed by atoms with Crippen LogP contribution in [0.1, 0.15) is 53.9 Å². The van der Waals surface area contributed by atoms with E-state index in [2.05, 4.69) is 201 Å². The fourth-order valence-corrected chi connectivity index (χ4v) is 8.37. The van der Waals surface area contributed by atoms with Gasteiger partial charge in [0.25, 0.3) is 0 Å². The van der Waals surface area contributed by atoms with E-state index in [1.54, 1.807) is 0 Å². The molecule has 1 aliphatic carbocycles. The molecule has 0 saturated heterocycles. The Morgan fingerprint density at radius 2 is 1.05 bits per heavy atom. The number of nitrogens with two attached hydrogens (primary N) is 1. The Bertz CT molecular complexity index is 2600. The Morgan fingerprint density at radius 1 is 0.473 bits per heavy atom. The zero-order valence-electron chi connectivity index (χ0n) is 31.3. The minimum absolute atomic E-state index is 0.0917. The number of hydrogen-bond donors (Lipinski definition) is 2. The number of hydrogen-bond acceptors (Lipinski definition) is 2. The first-order valence-corrected chi connectivity index (χ1v) is 19.2. The zero-order chi connectivity index (χ0) is 37.4. The molecule has 0 aromatic heterocycles. The topological polar surface area (TPSA) is 38.0 Å². The minimum atomic E-state index is -0.367. The van der Waals surface area contributed by atoms with Crippen molar-refractivity contribution >= 4 is 16.8 Å². The highest BCUT2D eigenvalue weighted by atomic mass is 15.0. The molecule has 0 fully saturated rings. The van der Waals surface area contributed by atoms with E-state index >= 15 is 0 Å². The molecule has 0 bridgehead atoms. The average molecular weight is 709 g/mol. The maximum Gasteiger partial charge on any atom is 0.0817 e. The molecule has 8 aromatic rings. The van der Waals surface area contributed by atoms with Crippen molar-refractivity contribution in [1.82, 2.24) is 5.32 Å². The van der Waals surface area contributed by atoms with Crippen LogP contribution >= 0.6 is 0 Å². The fraction of sp³-hybridized carbons (Fsp3) is 0.0943.